The average molecular weight is 369 g/mol. The molecule has 1 heterocycles. The molecule has 0 radical (unpaired) electrons. The Hall–Kier alpha value is -3.17. The maximum Gasteiger partial charge on any atom is 0.225 e. The minimum absolute atomic E-state index is 0.419. The first kappa shape index (κ1) is 17.6. The maximum atomic E-state index is 10.7. The summed E-state index contributed by atoms with van der Waals surface area (Å²) in [5, 5.41) is 2.95. The lowest BCUT2D eigenvalue weighted by Crippen LogP contribution is -2.11. The second-order valence-corrected chi connectivity index (χ2v) is 5.84. The molecule has 0 saturated carbocycles. The zero-order valence-electron chi connectivity index (χ0n) is 13.9. The third kappa shape index (κ3) is 4.68. The fraction of sp³-hybridized carbons (Fsp3) is 0.0588. The molecular formula is C17H17N6O2S-. The molecule has 0 aliphatic carbocycles. The van der Waals surface area contributed by atoms with Crippen molar-refractivity contribution in [1.29, 1.82) is 0 Å². The van der Waals surface area contributed by atoms with Gasteiger partial charge in [-0.1, -0.05) is 41.2 Å². The van der Waals surface area contributed by atoms with Crippen LogP contribution in [-0.2, 0) is 15.1 Å². The van der Waals surface area contributed by atoms with Crippen LogP contribution in [0.5, 0.6) is 0 Å². The normalized spacial score (nSPS) is 11.8. The number of hydrogen-bond acceptors (Lipinski definition) is 8. The summed E-state index contributed by atoms with van der Waals surface area (Å²) in [6.45, 7) is 0. The average Bonchev–Trinajstić information content (AvgIpc) is 2.67. The SMILES string of the molecule is CNc1nc(NNc2ccc(N=[S-](=O)O)cc2)cc(-c2ccccc2)n1. The number of nitrogens with one attached hydrogen (secondary N) is 3. The van der Waals surface area contributed by atoms with Crippen LogP contribution in [0.15, 0.2) is 65.0 Å². The molecular weight excluding hydrogens is 352 g/mol. The fourth-order valence-electron chi connectivity index (χ4n) is 2.21. The summed E-state index contributed by atoms with van der Waals surface area (Å²) in [7, 11) is -0.458. The van der Waals surface area contributed by atoms with Gasteiger partial charge in [-0.25, -0.2) is 4.98 Å². The Morgan fingerprint density at radius 1 is 1.00 bits per heavy atom. The Morgan fingerprint density at radius 2 is 1.73 bits per heavy atom. The Labute approximate surface area is 152 Å². The van der Waals surface area contributed by atoms with Gasteiger partial charge in [0.2, 0.25) is 5.95 Å². The van der Waals surface area contributed by atoms with Crippen LogP contribution in [0, 0.1) is 0 Å². The lowest BCUT2D eigenvalue weighted by molar-refractivity contribution is 0.529. The Kier molecular flexibility index (Phi) is 5.62. The van der Waals surface area contributed by atoms with E-state index in [9.17, 15) is 4.21 Å². The van der Waals surface area contributed by atoms with Gasteiger partial charge in [0.1, 0.15) is 0 Å². The molecule has 0 bridgehead atoms. The van der Waals surface area contributed by atoms with Crippen molar-refractivity contribution in [3.8, 4) is 11.3 Å². The van der Waals surface area contributed by atoms with Gasteiger partial charge in [0.05, 0.1) is 11.4 Å². The van der Waals surface area contributed by atoms with Crippen LogP contribution in [0.25, 0.3) is 11.3 Å². The second-order valence-electron chi connectivity index (χ2n) is 5.20. The quantitative estimate of drug-likeness (QED) is 0.296. The van der Waals surface area contributed by atoms with Crippen LogP contribution in [0.1, 0.15) is 0 Å². The third-order valence-electron chi connectivity index (χ3n) is 3.41. The van der Waals surface area contributed by atoms with E-state index in [0.29, 0.717) is 17.5 Å². The summed E-state index contributed by atoms with van der Waals surface area (Å²) in [5.41, 5.74) is 8.99. The van der Waals surface area contributed by atoms with Crippen molar-refractivity contribution in [3.63, 3.8) is 0 Å². The van der Waals surface area contributed by atoms with E-state index in [1.165, 1.54) is 0 Å². The zero-order chi connectivity index (χ0) is 18.4. The summed E-state index contributed by atoms with van der Waals surface area (Å²) in [6, 6.07) is 18.4. The molecule has 134 valence electrons. The van der Waals surface area contributed by atoms with Crippen molar-refractivity contribution in [3.05, 3.63) is 60.7 Å². The monoisotopic (exact) mass is 369 g/mol. The minimum Gasteiger partial charge on any atom is -0.454 e. The van der Waals surface area contributed by atoms with Gasteiger partial charge in [0.15, 0.2) is 5.82 Å². The van der Waals surface area contributed by atoms with E-state index < -0.39 is 10.9 Å². The molecule has 3 rings (SSSR count). The molecule has 0 unspecified atom stereocenters. The Bertz CT molecular complexity index is 957. The van der Waals surface area contributed by atoms with E-state index in [1.807, 2.05) is 36.4 Å². The summed E-state index contributed by atoms with van der Waals surface area (Å²) in [6.07, 6.45) is 0. The summed E-state index contributed by atoms with van der Waals surface area (Å²) in [5.74, 6) is 1.09. The van der Waals surface area contributed by atoms with Gasteiger partial charge in [-0.05, 0) is 24.3 Å². The van der Waals surface area contributed by atoms with Crippen molar-refractivity contribution in [1.82, 2.24) is 9.97 Å². The summed E-state index contributed by atoms with van der Waals surface area (Å²) < 4.78 is 23.0. The molecule has 1 aromatic heterocycles. The van der Waals surface area contributed by atoms with Gasteiger partial charge in [0, 0.05) is 24.4 Å². The first-order valence-electron chi connectivity index (χ1n) is 7.71. The van der Waals surface area contributed by atoms with Crippen molar-refractivity contribution < 1.29 is 8.76 Å². The highest BCUT2D eigenvalue weighted by atomic mass is 32.2. The number of anilines is 3. The molecule has 0 aliphatic rings. The first-order chi connectivity index (χ1) is 12.6. The van der Waals surface area contributed by atoms with Crippen molar-refractivity contribution in [2.75, 3.05) is 23.2 Å². The molecule has 4 N–H and O–H groups in total. The van der Waals surface area contributed by atoms with E-state index in [-0.39, 0.29) is 0 Å². The topological polar surface area (TPSA) is 112 Å². The van der Waals surface area contributed by atoms with Gasteiger partial charge in [-0.2, -0.15) is 4.98 Å². The Morgan fingerprint density at radius 3 is 2.38 bits per heavy atom. The molecule has 0 saturated heterocycles. The summed E-state index contributed by atoms with van der Waals surface area (Å²) >= 11 is 0. The largest absolute Gasteiger partial charge is 0.454 e. The van der Waals surface area contributed by atoms with Gasteiger partial charge in [0.25, 0.3) is 0 Å². The van der Waals surface area contributed by atoms with Crippen LogP contribution >= 0.6 is 0 Å². The second kappa shape index (κ2) is 8.28. The maximum absolute atomic E-state index is 10.7. The van der Waals surface area contributed by atoms with Gasteiger partial charge < -0.3 is 18.4 Å². The predicted molar refractivity (Wildman–Crippen MR) is 103 cm³/mol. The lowest BCUT2D eigenvalue weighted by Gasteiger charge is -2.12. The van der Waals surface area contributed by atoms with E-state index >= 15 is 0 Å². The Balaban J connectivity index is 1.77. The van der Waals surface area contributed by atoms with Crippen LogP contribution in [0.2, 0.25) is 0 Å². The van der Waals surface area contributed by atoms with E-state index in [2.05, 4.69) is 30.5 Å². The van der Waals surface area contributed by atoms with Crippen LogP contribution in [0.3, 0.4) is 0 Å². The highest BCUT2D eigenvalue weighted by Gasteiger charge is 2.05. The molecule has 8 nitrogen and oxygen atoms in total. The smallest absolute Gasteiger partial charge is 0.225 e. The molecule has 26 heavy (non-hydrogen) atoms. The highest BCUT2D eigenvalue weighted by molar-refractivity contribution is 7.68. The van der Waals surface area contributed by atoms with Crippen LogP contribution < -0.4 is 16.2 Å². The minimum atomic E-state index is -2.22. The fourth-order valence-corrected chi connectivity index (χ4v) is 2.51. The van der Waals surface area contributed by atoms with E-state index in [0.717, 1.165) is 16.9 Å². The number of hydrazine groups is 1. The van der Waals surface area contributed by atoms with Crippen LogP contribution in [-0.4, -0.2) is 21.6 Å². The molecule has 0 amide bonds. The van der Waals surface area contributed by atoms with Crippen molar-refractivity contribution >= 4 is 34.0 Å². The van der Waals surface area contributed by atoms with E-state index in [4.69, 9.17) is 4.55 Å². The number of rotatable bonds is 6. The molecule has 9 heteroatoms. The van der Waals surface area contributed by atoms with E-state index in [1.54, 1.807) is 31.3 Å². The number of hydrogen-bond donors (Lipinski definition) is 4. The highest BCUT2D eigenvalue weighted by Crippen LogP contribution is 2.22. The first-order valence-corrected chi connectivity index (χ1v) is 8.77. The van der Waals surface area contributed by atoms with Crippen LogP contribution in [0.4, 0.5) is 23.1 Å². The summed E-state index contributed by atoms with van der Waals surface area (Å²) in [4.78, 5) is 8.82. The van der Waals surface area contributed by atoms with Gasteiger partial charge in [-0.3, -0.25) is 10.9 Å². The molecule has 0 spiro atoms. The third-order valence-corrected chi connectivity index (χ3v) is 3.77. The number of nitrogens with zero attached hydrogens (tertiary/aromatic N) is 3. The van der Waals surface area contributed by atoms with Crippen molar-refractivity contribution in [2.45, 2.75) is 0 Å². The molecule has 0 aliphatic heterocycles. The predicted octanol–water partition coefficient (Wildman–Crippen LogP) is 3.88. The standard InChI is InChI=1S/C17H17N6O2S/c1-18-17-19-15(12-5-3-2-4-6-12)11-16(20-17)22-21-13-7-9-14(10-8-13)23-26(24)25/h2-11,21H,1H3,(H,23,24,25)(H2,18,19,20,22)/q-1. The van der Waals surface area contributed by atoms with Gasteiger partial charge in [-0.15, -0.1) is 0 Å². The van der Waals surface area contributed by atoms with Gasteiger partial charge >= 0.3 is 0 Å². The molecule has 0 fully saturated rings. The molecule has 2 aromatic carbocycles. The number of aromatic nitrogens is 2. The number of benzene rings is 2. The zero-order valence-corrected chi connectivity index (χ0v) is 14.7. The van der Waals surface area contributed by atoms with Crippen molar-refractivity contribution in [2.24, 2.45) is 4.36 Å². The molecule has 0 atom stereocenters. The molecule has 3 aromatic rings. The lowest BCUT2D eigenvalue weighted by atomic mass is 10.1.